The van der Waals surface area contributed by atoms with Crippen molar-refractivity contribution in [1.29, 1.82) is 0 Å². The Morgan fingerprint density at radius 3 is 2.64 bits per heavy atom. The molecule has 1 fully saturated rings. The zero-order chi connectivity index (χ0) is 20.2. The lowest BCUT2D eigenvalue weighted by Gasteiger charge is -2.22. The van der Waals surface area contributed by atoms with Crippen LogP contribution in [0.25, 0.3) is 0 Å². The molecule has 0 heterocycles. The number of carbonyl (C=O) groups is 1. The summed E-state index contributed by atoms with van der Waals surface area (Å²) in [7, 11) is 5.32. The molecule has 0 atom stereocenters. The first kappa shape index (κ1) is 22.2. The molecular weight excluding hydrogens is 352 g/mol. The molecule has 1 aromatic carbocycles. The molecule has 0 spiro atoms. The highest BCUT2D eigenvalue weighted by molar-refractivity contribution is 5.94. The minimum absolute atomic E-state index is 0.0303. The minimum Gasteiger partial charge on any atom is -0.378 e. The van der Waals surface area contributed by atoms with Crippen molar-refractivity contribution in [2.75, 3.05) is 40.8 Å². The minimum atomic E-state index is 0.0303. The second-order valence-electron chi connectivity index (χ2n) is 7.56. The number of amides is 1. The van der Waals surface area contributed by atoms with Crippen molar-refractivity contribution in [2.45, 2.75) is 51.0 Å². The first-order valence-corrected chi connectivity index (χ1v) is 10.5. The largest absolute Gasteiger partial charge is 0.378 e. The standard InChI is InChI=1S/C22H36N4O2/c1-23-22(24-14-8-16-28-20-11-5-4-6-12-20)25-15-13-18-9-7-10-19(17-18)21(27)26(2)3/h7,9-10,17,20H,4-6,8,11-16H2,1-3H3,(H2,23,24,25). The van der Waals surface area contributed by atoms with Gasteiger partial charge in [-0.3, -0.25) is 9.79 Å². The average molecular weight is 389 g/mol. The number of ether oxygens (including phenoxy) is 1. The van der Waals surface area contributed by atoms with Crippen molar-refractivity contribution in [3.63, 3.8) is 0 Å². The van der Waals surface area contributed by atoms with E-state index in [1.165, 1.54) is 32.1 Å². The van der Waals surface area contributed by atoms with E-state index in [4.69, 9.17) is 4.74 Å². The van der Waals surface area contributed by atoms with Crippen LogP contribution >= 0.6 is 0 Å². The Labute approximate surface area is 169 Å². The molecule has 156 valence electrons. The predicted octanol–water partition coefficient (Wildman–Crippen LogP) is 2.84. The van der Waals surface area contributed by atoms with Gasteiger partial charge in [0.05, 0.1) is 6.10 Å². The Hall–Kier alpha value is -2.08. The summed E-state index contributed by atoms with van der Waals surface area (Å²) in [6, 6.07) is 7.80. The molecule has 2 rings (SSSR count). The van der Waals surface area contributed by atoms with E-state index in [1.807, 2.05) is 24.3 Å². The number of rotatable bonds is 9. The molecule has 6 nitrogen and oxygen atoms in total. The van der Waals surface area contributed by atoms with E-state index in [0.717, 1.165) is 49.6 Å². The van der Waals surface area contributed by atoms with Crippen LogP contribution < -0.4 is 10.6 Å². The maximum Gasteiger partial charge on any atom is 0.253 e. The third-order valence-electron chi connectivity index (χ3n) is 5.03. The molecule has 0 radical (unpaired) electrons. The Kier molecular flexibility index (Phi) is 9.83. The lowest BCUT2D eigenvalue weighted by atomic mass is 9.98. The van der Waals surface area contributed by atoms with Gasteiger partial charge in [0.2, 0.25) is 0 Å². The summed E-state index contributed by atoms with van der Waals surface area (Å²) in [6.45, 7) is 2.42. The highest BCUT2D eigenvalue weighted by Gasteiger charge is 2.13. The molecule has 1 aromatic rings. The van der Waals surface area contributed by atoms with Crippen molar-refractivity contribution in [3.8, 4) is 0 Å². The second kappa shape index (κ2) is 12.4. The zero-order valence-corrected chi connectivity index (χ0v) is 17.7. The zero-order valence-electron chi connectivity index (χ0n) is 17.7. The van der Waals surface area contributed by atoms with Crippen molar-refractivity contribution in [3.05, 3.63) is 35.4 Å². The van der Waals surface area contributed by atoms with Gasteiger partial charge in [0, 0.05) is 46.4 Å². The van der Waals surface area contributed by atoms with E-state index in [2.05, 4.69) is 15.6 Å². The highest BCUT2D eigenvalue weighted by Crippen LogP contribution is 2.20. The van der Waals surface area contributed by atoms with E-state index in [-0.39, 0.29) is 5.91 Å². The lowest BCUT2D eigenvalue weighted by molar-refractivity contribution is 0.0277. The summed E-state index contributed by atoms with van der Waals surface area (Å²) in [5, 5.41) is 6.67. The summed E-state index contributed by atoms with van der Waals surface area (Å²) in [6.07, 6.45) is 8.71. The SMILES string of the molecule is CN=C(NCCCOC1CCCCC1)NCCc1cccc(C(=O)N(C)C)c1. The van der Waals surface area contributed by atoms with E-state index in [9.17, 15) is 4.79 Å². The summed E-state index contributed by atoms with van der Waals surface area (Å²) < 4.78 is 5.95. The Balaban J connectivity index is 1.63. The number of benzene rings is 1. The number of guanidine groups is 1. The van der Waals surface area contributed by atoms with Crippen molar-refractivity contribution < 1.29 is 9.53 Å². The van der Waals surface area contributed by atoms with Gasteiger partial charge >= 0.3 is 0 Å². The highest BCUT2D eigenvalue weighted by atomic mass is 16.5. The fourth-order valence-electron chi connectivity index (χ4n) is 3.42. The van der Waals surface area contributed by atoms with E-state index < -0.39 is 0 Å². The molecular formula is C22H36N4O2. The topological polar surface area (TPSA) is 66.0 Å². The smallest absolute Gasteiger partial charge is 0.253 e. The maximum atomic E-state index is 12.1. The van der Waals surface area contributed by atoms with Gasteiger partial charge in [-0.25, -0.2) is 0 Å². The number of nitrogens with zero attached hydrogens (tertiary/aromatic N) is 2. The summed E-state index contributed by atoms with van der Waals surface area (Å²) in [5.41, 5.74) is 1.86. The number of hydrogen-bond donors (Lipinski definition) is 2. The molecule has 0 aromatic heterocycles. The third kappa shape index (κ3) is 7.89. The van der Waals surface area contributed by atoms with Gasteiger partial charge in [-0.05, 0) is 43.4 Å². The van der Waals surface area contributed by atoms with Crippen LogP contribution in [0.2, 0.25) is 0 Å². The Morgan fingerprint density at radius 1 is 1.18 bits per heavy atom. The molecule has 1 aliphatic rings. The van der Waals surface area contributed by atoms with Gasteiger partial charge in [0.15, 0.2) is 5.96 Å². The normalized spacial score (nSPS) is 15.3. The molecule has 1 aliphatic carbocycles. The Bertz CT molecular complexity index is 625. The van der Waals surface area contributed by atoms with Crippen LogP contribution in [-0.4, -0.2) is 63.7 Å². The van der Waals surface area contributed by atoms with Crippen molar-refractivity contribution in [2.24, 2.45) is 4.99 Å². The summed E-state index contributed by atoms with van der Waals surface area (Å²) >= 11 is 0. The number of hydrogen-bond acceptors (Lipinski definition) is 3. The summed E-state index contributed by atoms with van der Waals surface area (Å²) in [5.74, 6) is 0.834. The van der Waals surface area contributed by atoms with Crippen molar-refractivity contribution >= 4 is 11.9 Å². The first-order valence-electron chi connectivity index (χ1n) is 10.5. The predicted molar refractivity (Wildman–Crippen MR) is 115 cm³/mol. The van der Waals surface area contributed by atoms with Crippen LogP contribution in [0.5, 0.6) is 0 Å². The molecule has 1 amide bonds. The van der Waals surface area contributed by atoms with Crippen LogP contribution in [0.4, 0.5) is 0 Å². The molecule has 1 saturated carbocycles. The molecule has 0 saturated heterocycles. The van der Waals surface area contributed by atoms with Gasteiger partial charge in [-0.2, -0.15) is 0 Å². The van der Waals surface area contributed by atoms with Crippen LogP contribution in [0.3, 0.4) is 0 Å². The second-order valence-corrected chi connectivity index (χ2v) is 7.56. The fourth-order valence-corrected chi connectivity index (χ4v) is 3.42. The van der Waals surface area contributed by atoms with Crippen LogP contribution in [0, 0.1) is 0 Å². The number of aliphatic imine (C=N–C) groups is 1. The van der Waals surface area contributed by atoms with Gasteiger partial charge in [0.1, 0.15) is 0 Å². The van der Waals surface area contributed by atoms with Gasteiger partial charge in [-0.1, -0.05) is 31.4 Å². The quantitative estimate of drug-likeness (QED) is 0.388. The van der Waals surface area contributed by atoms with Crippen molar-refractivity contribution in [1.82, 2.24) is 15.5 Å². The Morgan fingerprint density at radius 2 is 1.93 bits per heavy atom. The molecule has 2 N–H and O–H groups in total. The molecule has 0 aliphatic heterocycles. The van der Waals surface area contributed by atoms with E-state index in [0.29, 0.717) is 6.10 Å². The molecule has 28 heavy (non-hydrogen) atoms. The van der Waals surface area contributed by atoms with Crippen LogP contribution in [-0.2, 0) is 11.2 Å². The van der Waals surface area contributed by atoms with Gasteiger partial charge < -0.3 is 20.3 Å². The summed E-state index contributed by atoms with van der Waals surface area (Å²) in [4.78, 5) is 17.9. The maximum absolute atomic E-state index is 12.1. The monoisotopic (exact) mass is 388 g/mol. The molecule has 0 bridgehead atoms. The van der Waals surface area contributed by atoms with E-state index >= 15 is 0 Å². The van der Waals surface area contributed by atoms with Crippen LogP contribution in [0.1, 0.15) is 54.4 Å². The molecule has 0 unspecified atom stereocenters. The van der Waals surface area contributed by atoms with E-state index in [1.54, 1.807) is 26.0 Å². The number of nitrogens with one attached hydrogen (secondary N) is 2. The average Bonchev–Trinajstić information content (AvgIpc) is 2.72. The van der Waals surface area contributed by atoms with Gasteiger partial charge in [0.25, 0.3) is 5.91 Å². The number of carbonyl (C=O) groups excluding carboxylic acids is 1. The third-order valence-corrected chi connectivity index (χ3v) is 5.03. The first-order chi connectivity index (χ1) is 13.6. The molecule has 6 heteroatoms. The fraction of sp³-hybridized carbons (Fsp3) is 0.636. The van der Waals surface area contributed by atoms with Gasteiger partial charge in [-0.15, -0.1) is 0 Å². The lowest BCUT2D eigenvalue weighted by Crippen LogP contribution is -2.39. The van der Waals surface area contributed by atoms with Crippen LogP contribution in [0.15, 0.2) is 29.3 Å².